The lowest BCUT2D eigenvalue weighted by molar-refractivity contribution is -0.137. The molecule has 0 amide bonds. The molecule has 1 heterocycles. The van der Waals surface area contributed by atoms with Gasteiger partial charge in [0.25, 0.3) is 0 Å². The van der Waals surface area contributed by atoms with E-state index >= 15 is 0 Å². The van der Waals surface area contributed by atoms with Crippen LogP contribution >= 0.6 is 0 Å². The first-order valence-corrected chi connectivity index (χ1v) is 5.87. The van der Waals surface area contributed by atoms with Gasteiger partial charge in [-0.25, -0.2) is 0 Å². The lowest BCUT2D eigenvalue weighted by atomic mass is 10.2. The number of unbranched alkanes of at least 4 members (excludes halogenated alkanes) is 2. The summed E-state index contributed by atoms with van der Waals surface area (Å²) in [6, 6.07) is 2.20. The van der Waals surface area contributed by atoms with E-state index in [1.54, 1.807) is 0 Å². The topological polar surface area (TPSA) is 42.2 Å². The molecule has 0 aromatic carbocycles. The van der Waals surface area contributed by atoms with Crippen LogP contribution in [0.2, 0.25) is 0 Å². The molecule has 1 aromatic rings. The number of rotatable bonds is 6. The second-order valence-electron chi connectivity index (χ2n) is 4.41. The SMILES string of the molecule is Cc1cc(C)n(CCCCCC(=O)O)c1C. The largest absolute Gasteiger partial charge is 0.481 e. The number of carbonyl (C=O) groups is 1. The van der Waals surface area contributed by atoms with E-state index in [0.29, 0.717) is 6.42 Å². The van der Waals surface area contributed by atoms with Gasteiger partial charge in [-0.15, -0.1) is 0 Å². The highest BCUT2D eigenvalue weighted by molar-refractivity contribution is 5.66. The van der Waals surface area contributed by atoms with E-state index in [0.717, 1.165) is 25.8 Å². The van der Waals surface area contributed by atoms with Crippen LogP contribution in [-0.4, -0.2) is 15.6 Å². The Labute approximate surface area is 97.1 Å². The van der Waals surface area contributed by atoms with Crippen LogP contribution in [0.5, 0.6) is 0 Å². The molecule has 90 valence electrons. The summed E-state index contributed by atoms with van der Waals surface area (Å²) >= 11 is 0. The van der Waals surface area contributed by atoms with Crippen molar-refractivity contribution in [2.75, 3.05) is 0 Å². The number of aryl methyl sites for hydroxylation is 2. The van der Waals surface area contributed by atoms with Crippen LogP contribution in [0.4, 0.5) is 0 Å². The van der Waals surface area contributed by atoms with Crippen molar-refractivity contribution in [1.29, 1.82) is 0 Å². The molecule has 0 radical (unpaired) electrons. The van der Waals surface area contributed by atoms with Crippen LogP contribution in [0.15, 0.2) is 6.07 Å². The zero-order valence-electron chi connectivity index (χ0n) is 10.4. The van der Waals surface area contributed by atoms with Crippen molar-refractivity contribution < 1.29 is 9.90 Å². The summed E-state index contributed by atoms with van der Waals surface area (Å²) in [7, 11) is 0. The summed E-state index contributed by atoms with van der Waals surface area (Å²) in [5.41, 5.74) is 3.96. The average molecular weight is 223 g/mol. The first kappa shape index (κ1) is 12.8. The molecule has 1 rings (SSSR count). The number of carboxylic acid groups (broad SMARTS) is 1. The molecule has 0 fully saturated rings. The molecular weight excluding hydrogens is 202 g/mol. The molecule has 0 bridgehead atoms. The van der Waals surface area contributed by atoms with Gasteiger partial charge >= 0.3 is 5.97 Å². The Bertz CT molecular complexity index is 366. The molecule has 0 spiro atoms. The zero-order valence-corrected chi connectivity index (χ0v) is 10.4. The van der Waals surface area contributed by atoms with Crippen LogP contribution in [0.1, 0.15) is 42.6 Å². The lowest BCUT2D eigenvalue weighted by Gasteiger charge is -2.09. The van der Waals surface area contributed by atoms with Gasteiger partial charge in [0, 0.05) is 24.4 Å². The normalized spacial score (nSPS) is 10.7. The molecule has 0 aliphatic carbocycles. The van der Waals surface area contributed by atoms with Crippen molar-refractivity contribution in [3.63, 3.8) is 0 Å². The van der Waals surface area contributed by atoms with Crippen LogP contribution in [0.25, 0.3) is 0 Å². The van der Waals surface area contributed by atoms with Crippen LogP contribution in [-0.2, 0) is 11.3 Å². The second kappa shape index (κ2) is 5.73. The smallest absolute Gasteiger partial charge is 0.303 e. The number of aromatic nitrogens is 1. The van der Waals surface area contributed by atoms with E-state index in [4.69, 9.17) is 5.11 Å². The first-order valence-electron chi connectivity index (χ1n) is 5.87. The minimum absolute atomic E-state index is 0.294. The Morgan fingerprint density at radius 2 is 1.94 bits per heavy atom. The fraction of sp³-hybridized carbons (Fsp3) is 0.615. The average Bonchev–Trinajstić information content (AvgIpc) is 2.43. The highest BCUT2D eigenvalue weighted by Crippen LogP contribution is 2.15. The third-order valence-corrected chi connectivity index (χ3v) is 3.10. The molecular formula is C13H21NO2. The minimum atomic E-state index is -0.691. The van der Waals surface area contributed by atoms with Gasteiger partial charge in [0.15, 0.2) is 0 Å². The van der Waals surface area contributed by atoms with Gasteiger partial charge in [0.05, 0.1) is 0 Å². The summed E-state index contributed by atoms with van der Waals surface area (Å²) in [5, 5.41) is 8.52. The van der Waals surface area contributed by atoms with E-state index in [1.807, 2.05) is 0 Å². The molecule has 0 atom stereocenters. The van der Waals surface area contributed by atoms with Gasteiger partial charge in [-0.3, -0.25) is 4.79 Å². The first-order chi connectivity index (χ1) is 7.52. The van der Waals surface area contributed by atoms with Crippen LogP contribution < -0.4 is 0 Å². The maximum absolute atomic E-state index is 10.3. The molecule has 0 unspecified atom stereocenters. The van der Waals surface area contributed by atoms with Crippen molar-refractivity contribution in [2.24, 2.45) is 0 Å². The van der Waals surface area contributed by atoms with E-state index in [2.05, 4.69) is 31.4 Å². The molecule has 1 aromatic heterocycles. The lowest BCUT2D eigenvalue weighted by Crippen LogP contribution is -2.03. The third-order valence-electron chi connectivity index (χ3n) is 3.10. The van der Waals surface area contributed by atoms with E-state index in [-0.39, 0.29) is 0 Å². The van der Waals surface area contributed by atoms with Gasteiger partial charge in [-0.05, 0) is 45.2 Å². The fourth-order valence-electron chi connectivity index (χ4n) is 2.04. The molecule has 3 heteroatoms. The number of hydrogen-bond donors (Lipinski definition) is 1. The van der Waals surface area contributed by atoms with Crippen molar-refractivity contribution in [2.45, 2.75) is 53.0 Å². The van der Waals surface area contributed by atoms with E-state index in [1.165, 1.54) is 17.0 Å². The van der Waals surface area contributed by atoms with Gasteiger partial charge in [-0.2, -0.15) is 0 Å². The minimum Gasteiger partial charge on any atom is -0.481 e. The number of hydrogen-bond acceptors (Lipinski definition) is 1. The monoisotopic (exact) mass is 223 g/mol. The molecule has 0 saturated carbocycles. The van der Waals surface area contributed by atoms with Gasteiger partial charge < -0.3 is 9.67 Å². The predicted octanol–water partition coefficient (Wildman–Crippen LogP) is 3.06. The number of carboxylic acids is 1. The quantitative estimate of drug-likeness (QED) is 0.753. The Morgan fingerprint density at radius 1 is 1.25 bits per heavy atom. The second-order valence-corrected chi connectivity index (χ2v) is 4.41. The summed E-state index contributed by atoms with van der Waals surface area (Å²) in [6.45, 7) is 7.39. The Hall–Kier alpha value is -1.25. The fourth-order valence-corrected chi connectivity index (χ4v) is 2.04. The third kappa shape index (κ3) is 3.40. The molecule has 0 aliphatic heterocycles. The van der Waals surface area contributed by atoms with Crippen molar-refractivity contribution in [3.05, 3.63) is 23.0 Å². The standard InChI is InChI=1S/C13H21NO2/c1-10-9-11(2)14(12(10)3)8-6-4-5-7-13(15)16/h9H,4-8H2,1-3H3,(H,15,16). The van der Waals surface area contributed by atoms with Crippen molar-refractivity contribution >= 4 is 5.97 Å². The van der Waals surface area contributed by atoms with Gasteiger partial charge in [-0.1, -0.05) is 6.42 Å². The Kier molecular flexibility index (Phi) is 4.59. The Balaban J connectivity index is 2.34. The summed E-state index contributed by atoms with van der Waals surface area (Å²) < 4.78 is 2.32. The summed E-state index contributed by atoms with van der Waals surface area (Å²) in [4.78, 5) is 10.3. The summed E-state index contributed by atoms with van der Waals surface area (Å²) in [6.07, 6.45) is 3.13. The zero-order chi connectivity index (χ0) is 12.1. The maximum atomic E-state index is 10.3. The van der Waals surface area contributed by atoms with E-state index < -0.39 is 5.97 Å². The van der Waals surface area contributed by atoms with Gasteiger partial charge in [0.2, 0.25) is 0 Å². The molecule has 1 N–H and O–H groups in total. The molecule has 0 saturated heterocycles. The van der Waals surface area contributed by atoms with Crippen LogP contribution in [0, 0.1) is 20.8 Å². The Morgan fingerprint density at radius 3 is 2.44 bits per heavy atom. The van der Waals surface area contributed by atoms with Crippen molar-refractivity contribution in [3.8, 4) is 0 Å². The van der Waals surface area contributed by atoms with Crippen LogP contribution in [0.3, 0.4) is 0 Å². The molecule has 3 nitrogen and oxygen atoms in total. The highest BCUT2D eigenvalue weighted by Gasteiger charge is 2.04. The van der Waals surface area contributed by atoms with E-state index in [9.17, 15) is 4.79 Å². The van der Waals surface area contributed by atoms with Crippen molar-refractivity contribution in [1.82, 2.24) is 4.57 Å². The van der Waals surface area contributed by atoms with Gasteiger partial charge in [0.1, 0.15) is 0 Å². The molecule has 16 heavy (non-hydrogen) atoms. The maximum Gasteiger partial charge on any atom is 0.303 e. The number of nitrogens with zero attached hydrogens (tertiary/aromatic N) is 1. The molecule has 0 aliphatic rings. The highest BCUT2D eigenvalue weighted by atomic mass is 16.4. The number of aliphatic carboxylic acids is 1. The predicted molar refractivity (Wildman–Crippen MR) is 64.7 cm³/mol. The summed E-state index contributed by atoms with van der Waals surface area (Å²) in [5.74, 6) is -0.691.